The van der Waals surface area contributed by atoms with Crippen molar-refractivity contribution in [1.29, 1.82) is 0 Å². The fourth-order valence-corrected chi connectivity index (χ4v) is 4.72. The molecule has 0 aliphatic carbocycles. The van der Waals surface area contributed by atoms with Crippen LogP contribution in [-0.2, 0) is 9.59 Å². The Balaban J connectivity index is 1.74. The van der Waals surface area contributed by atoms with Gasteiger partial charge in [-0.05, 0) is 36.4 Å². The Morgan fingerprint density at radius 1 is 0.519 bits per heavy atom. The van der Waals surface area contributed by atoms with E-state index in [4.69, 9.17) is 0 Å². The summed E-state index contributed by atoms with van der Waals surface area (Å²) >= 11 is 2.67. The van der Waals surface area contributed by atoms with E-state index >= 15 is 0 Å². The molecule has 132 valence electrons. The molecule has 0 unspecified atom stereocenters. The van der Waals surface area contributed by atoms with Gasteiger partial charge in [0.25, 0.3) is 11.8 Å². The summed E-state index contributed by atoms with van der Waals surface area (Å²) in [6.45, 7) is 0. The lowest BCUT2D eigenvalue weighted by molar-refractivity contribution is -0.120. The van der Waals surface area contributed by atoms with Crippen LogP contribution in [0.2, 0.25) is 0 Å². The Hall–Kier alpha value is -2.76. The quantitative estimate of drug-likeness (QED) is 0.551. The highest BCUT2D eigenvalue weighted by atomic mass is 32.2. The zero-order valence-electron chi connectivity index (χ0n) is 14.2. The lowest BCUT2D eigenvalue weighted by Crippen LogP contribution is -2.31. The van der Waals surface area contributed by atoms with E-state index in [1.54, 1.807) is 12.1 Å². The summed E-state index contributed by atoms with van der Waals surface area (Å²) in [5.41, 5.74) is 0.585. The molecule has 3 aromatic carbocycles. The monoisotopic (exact) mass is 389 g/mol. The van der Waals surface area contributed by atoms with Gasteiger partial charge in [0.1, 0.15) is 0 Å². The highest BCUT2D eigenvalue weighted by molar-refractivity contribution is 8.08. The van der Waals surface area contributed by atoms with Crippen molar-refractivity contribution in [3.8, 4) is 0 Å². The van der Waals surface area contributed by atoms with Crippen molar-refractivity contribution in [3.05, 3.63) is 101 Å². The van der Waals surface area contributed by atoms with Crippen LogP contribution in [0.5, 0.6) is 0 Å². The summed E-state index contributed by atoms with van der Waals surface area (Å²) in [5.74, 6) is -0.558. The van der Waals surface area contributed by atoms with Crippen LogP contribution < -0.4 is 4.90 Å². The number of nitrogens with zero attached hydrogens (tertiary/aromatic N) is 1. The summed E-state index contributed by atoms with van der Waals surface area (Å²) in [4.78, 5) is 30.3. The number of hydrogen-bond acceptors (Lipinski definition) is 4. The van der Waals surface area contributed by atoms with Crippen molar-refractivity contribution in [2.24, 2.45) is 0 Å². The predicted octanol–water partition coefficient (Wildman–Crippen LogP) is 5.36. The third-order valence-electron chi connectivity index (χ3n) is 3.94. The summed E-state index contributed by atoms with van der Waals surface area (Å²) < 4.78 is 0. The standard InChI is InChI=1S/C22H15NO2S2/c24-21-19(26-17-12-6-2-7-13-17)20(27-18-14-8-3-9-15-18)22(25)23(21)16-10-4-1-5-11-16/h1-15H. The maximum absolute atomic E-state index is 13.1. The molecular formula is C22H15NO2S2. The maximum atomic E-state index is 13.1. The molecule has 0 spiro atoms. The molecule has 5 heteroatoms. The average molecular weight is 390 g/mol. The number of imide groups is 1. The summed E-state index contributed by atoms with van der Waals surface area (Å²) in [6.07, 6.45) is 0. The SMILES string of the molecule is O=C1C(Sc2ccccc2)=C(Sc2ccccc2)C(=O)N1c1ccccc1. The Morgan fingerprint density at radius 2 is 0.889 bits per heavy atom. The lowest BCUT2D eigenvalue weighted by Gasteiger charge is -2.14. The molecule has 0 bridgehead atoms. The van der Waals surface area contributed by atoms with Crippen LogP contribution in [0.1, 0.15) is 0 Å². The van der Waals surface area contributed by atoms with Crippen LogP contribution in [0.3, 0.4) is 0 Å². The molecule has 1 aliphatic rings. The van der Waals surface area contributed by atoms with Gasteiger partial charge in [0, 0.05) is 9.79 Å². The van der Waals surface area contributed by atoms with Gasteiger partial charge >= 0.3 is 0 Å². The minimum Gasteiger partial charge on any atom is -0.268 e. The van der Waals surface area contributed by atoms with Crippen LogP contribution in [0.4, 0.5) is 5.69 Å². The molecule has 0 saturated carbocycles. The van der Waals surface area contributed by atoms with E-state index in [1.807, 2.05) is 78.9 Å². The van der Waals surface area contributed by atoms with E-state index in [0.29, 0.717) is 15.5 Å². The molecule has 1 aliphatic heterocycles. The molecule has 0 aromatic heterocycles. The van der Waals surface area contributed by atoms with Gasteiger partial charge in [0.2, 0.25) is 0 Å². The first-order valence-corrected chi connectivity index (χ1v) is 10.0. The highest BCUT2D eigenvalue weighted by Gasteiger charge is 2.40. The largest absolute Gasteiger partial charge is 0.273 e. The van der Waals surface area contributed by atoms with Crippen LogP contribution in [-0.4, -0.2) is 11.8 Å². The summed E-state index contributed by atoms with van der Waals surface area (Å²) in [5, 5.41) is 0. The van der Waals surface area contributed by atoms with Crippen LogP contribution in [0.15, 0.2) is 111 Å². The maximum Gasteiger partial charge on any atom is 0.273 e. The van der Waals surface area contributed by atoms with Crippen LogP contribution in [0.25, 0.3) is 0 Å². The second-order valence-corrected chi connectivity index (χ2v) is 7.94. The Morgan fingerprint density at radius 3 is 1.30 bits per heavy atom. The van der Waals surface area contributed by atoms with E-state index in [0.717, 1.165) is 9.79 Å². The zero-order valence-corrected chi connectivity index (χ0v) is 15.9. The number of para-hydroxylation sites is 1. The van der Waals surface area contributed by atoms with Gasteiger partial charge in [-0.2, -0.15) is 0 Å². The predicted molar refractivity (Wildman–Crippen MR) is 111 cm³/mol. The molecule has 0 saturated heterocycles. The molecular weight excluding hydrogens is 374 g/mol. The topological polar surface area (TPSA) is 37.4 Å². The summed E-state index contributed by atoms with van der Waals surface area (Å²) in [6, 6.07) is 28.3. The van der Waals surface area contributed by atoms with Gasteiger partial charge < -0.3 is 0 Å². The zero-order chi connectivity index (χ0) is 18.6. The van der Waals surface area contributed by atoms with Gasteiger partial charge in [-0.3, -0.25) is 9.59 Å². The number of benzene rings is 3. The third kappa shape index (κ3) is 3.70. The number of hydrogen-bond donors (Lipinski definition) is 0. The minimum absolute atomic E-state index is 0.279. The van der Waals surface area contributed by atoms with Gasteiger partial charge in [-0.15, -0.1) is 0 Å². The lowest BCUT2D eigenvalue weighted by atomic mass is 10.3. The molecule has 3 aromatic rings. The number of rotatable bonds is 5. The van der Waals surface area contributed by atoms with Gasteiger partial charge in [-0.1, -0.05) is 78.1 Å². The summed E-state index contributed by atoms with van der Waals surface area (Å²) in [7, 11) is 0. The molecule has 1 heterocycles. The van der Waals surface area contributed by atoms with E-state index in [9.17, 15) is 9.59 Å². The van der Waals surface area contributed by atoms with E-state index in [2.05, 4.69) is 0 Å². The number of amides is 2. The first-order chi connectivity index (χ1) is 13.2. The number of thioether (sulfide) groups is 2. The number of carbonyl (C=O) groups is 2. The van der Waals surface area contributed by atoms with Gasteiger partial charge in [0.15, 0.2) is 0 Å². The van der Waals surface area contributed by atoms with Crippen molar-refractivity contribution in [3.63, 3.8) is 0 Å². The number of carbonyl (C=O) groups excluding carboxylic acids is 2. The first-order valence-electron chi connectivity index (χ1n) is 8.38. The van der Waals surface area contributed by atoms with Crippen LogP contribution >= 0.6 is 23.5 Å². The molecule has 0 fully saturated rings. The van der Waals surface area contributed by atoms with Crippen molar-refractivity contribution in [1.82, 2.24) is 0 Å². The van der Waals surface area contributed by atoms with Crippen molar-refractivity contribution >= 4 is 41.0 Å². The highest BCUT2D eigenvalue weighted by Crippen LogP contribution is 2.43. The van der Waals surface area contributed by atoms with Gasteiger partial charge in [-0.25, -0.2) is 4.90 Å². The minimum atomic E-state index is -0.279. The first kappa shape index (κ1) is 17.6. The van der Waals surface area contributed by atoms with E-state index < -0.39 is 0 Å². The van der Waals surface area contributed by atoms with Crippen LogP contribution in [0, 0.1) is 0 Å². The Labute approximate surface area is 166 Å². The fraction of sp³-hybridized carbons (Fsp3) is 0. The second-order valence-electron chi connectivity index (χ2n) is 5.77. The fourth-order valence-electron chi connectivity index (χ4n) is 2.69. The normalized spacial score (nSPS) is 14.1. The molecule has 0 N–H and O–H groups in total. The molecule has 27 heavy (non-hydrogen) atoms. The van der Waals surface area contributed by atoms with Crippen molar-refractivity contribution in [2.45, 2.75) is 9.79 Å². The number of anilines is 1. The Bertz CT molecular complexity index is 939. The van der Waals surface area contributed by atoms with Gasteiger partial charge in [0.05, 0.1) is 15.5 Å². The third-order valence-corrected chi connectivity index (χ3v) is 6.25. The van der Waals surface area contributed by atoms with Crippen molar-refractivity contribution in [2.75, 3.05) is 4.90 Å². The molecule has 4 rings (SSSR count). The van der Waals surface area contributed by atoms with E-state index in [-0.39, 0.29) is 11.8 Å². The molecule has 0 radical (unpaired) electrons. The average Bonchev–Trinajstić information content (AvgIpc) is 2.94. The Kier molecular flexibility index (Phi) is 5.14. The molecule has 0 atom stereocenters. The van der Waals surface area contributed by atoms with E-state index in [1.165, 1.54) is 28.4 Å². The molecule has 3 nitrogen and oxygen atoms in total. The second kappa shape index (κ2) is 7.86. The smallest absolute Gasteiger partial charge is 0.268 e. The molecule has 2 amide bonds. The van der Waals surface area contributed by atoms with Crippen molar-refractivity contribution < 1.29 is 9.59 Å².